The summed E-state index contributed by atoms with van der Waals surface area (Å²) in [4.78, 5) is 0. The number of hydrogen-bond donors (Lipinski definition) is 0. The smallest absolute Gasteiger partial charge is 0.131 e. The van der Waals surface area contributed by atoms with Crippen LogP contribution >= 0.6 is 0 Å². The van der Waals surface area contributed by atoms with Gasteiger partial charge in [0.1, 0.15) is 23.0 Å². The fraction of sp³-hybridized carbons (Fsp3) is 0.0357. The van der Waals surface area contributed by atoms with Crippen molar-refractivity contribution in [3.63, 3.8) is 0 Å². The predicted octanol–water partition coefficient (Wildman–Crippen LogP) is 13.6. The molecule has 3 aliphatic rings. The van der Waals surface area contributed by atoms with Crippen molar-refractivity contribution in [3.05, 3.63) is 226 Å². The second-order valence-corrected chi connectivity index (χ2v) is 16.1. The normalized spacial score (nSPS) is 14.5. The average Bonchev–Trinajstić information content (AvgIpc) is 3.31. The molecule has 0 saturated carbocycles. The van der Waals surface area contributed by atoms with Gasteiger partial charge in [0.2, 0.25) is 0 Å². The number of nitriles is 2. The lowest BCUT2D eigenvalue weighted by Gasteiger charge is -2.58. The molecule has 13 rings (SSSR count). The van der Waals surface area contributed by atoms with Gasteiger partial charge in [0, 0.05) is 22.3 Å². The summed E-state index contributed by atoms with van der Waals surface area (Å²) >= 11 is 0. The molecule has 0 atom stereocenters. The number of benzene rings is 10. The summed E-state index contributed by atoms with van der Waals surface area (Å²) in [5.41, 5.74) is 8.20. The standard InChI is InChI=1S/C56H30N2O2/c57-31-33-23-26-35(27-24-33)51-39-29-34(32-58)25-28-36(39)30-40-37-11-9-17-45-53(37)54-38(52(40)51)12-10-18-46(54)56(43-15-3-7-21-49(43)60-50-22-8-4-16-44(50)56)55(45)41-13-1-5-19-47(41)59-48-20-6-2-14-42(48)55/h1-30H. The molecule has 0 bridgehead atoms. The maximum Gasteiger partial charge on any atom is 0.131 e. The van der Waals surface area contributed by atoms with Crippen molar-refractivity contribution < 1.29 is 9.47 Å². The van der Waals surface area contributed by atoms with Crippen LogP contribution in [0.2, 0.25) is 0 Å². The molecule has 2 spiro atoms. The van der Waals surface area contributed by atoms with Gasteiger partial charge in [-0.25, -0.2) is 0 Å². The Labute approximate surface area is 345 Å². The van der Waals surface area contributed by atoms with Crippen molar-refractivity contribution in [1.29, 1.82) is 10.5 Å². The summed E-state index contributed by atoms with van der Waals surface area (Å²) in [5.74, 6) is 3.29. The Bertz CT molecular complexity index is 3550. The first-order chi connectivity index (χ1) is 29.7. The SMILES string of the molecule is N#Cc1ccc(-c2c3cc(C#N)ccc3cc3c4cccc5c4c4c(cccc4c23)C2(c3ccccc3Oc3ccccc32)C52c3ccccc3Oc3ccccc32)cc1. The molecule has 0 N–H and O–H groups in total. The third kappa shape index (κ3) is 3.84. The molecule has 60 heavy (non-hydrogen) atoms. The van der Waals surface area contributed by atoms with Gasteiger partial charge in [0.25, 0.3) is 0 Å². The van der Waals surface area contributed by atoms with Crippen LogP contribution in [0, 0.1) is 22.7 Å². The minimum absolute atomic E-state index is 0.596. The molecule has 276 valence electrons. The van der Waals surface area contributed by atoms with E-state index < -0.39 is 10.8 Å². The minimum atomic E-state index is -0.873. The molecule has 2 aliphatic heterocycles. The van der Waals surface area contributed by atoms with Crippen molar-refractivity contribution in [2.24, 2.45) is 0 Å². The Morgan fingerprint density at radius 2 is 0.800 bits per heavy atom. The second-order valence-electron chi connectivity index (χ2n) is 16.1. The third-order valence-electron chi connectivity index (χ3n) is 13.5. The summed E-state index contributed by atoms with van der Waals surface area (Å²) in [6.07, 6.45) is 0. The molecular weight excluding hydrogens is 733 g/mol. The Hall–Kier alpha value is -8.18. The van der Waals surface area contributed by atoms with Gasteiger partial charge in [-0.2, -0.15) is 10.5 Å². The maximum atomic E-state index is 10.2. The highest BCUT2D eigenvalue weighted by Gasteiger charge is 2.66. The van der Waals surface area contributed by atoms with Gasteiger partial charge < -0.3 is 9.47 Å². The molecule has 0 radical (unpaired) electrons. The summed E-state index contributed by atoms with van der Waals surface area (Å²) in [5, 5.41) is 28.9. The first kappa shape index (κ1) is 32.9. The quantitative estimate of drug-likeness (QED) is 0.123. The summed E-state index contributed by atoms with van der Waals surface area (Å²) in [6, 6.07) is 68.9. The topological polar surface area (TPSA) is 66.0 Å². The van der Waals surface area contributed by atoms with Crippen molar-refractivity contribution in [2.75, 3.05) is 0 Å². The maximum absolute atomic E-state index is 10.2. The number of hydrogen-bond acceptors (Lipinski definition) is 4. The van der Waals surface area contributed by atoms with E-state index in [9.17, 15) is 10.5 Å². The van der Waals surface area contributed by atoms with E-state index in [0.717, 1.165) is 88.7 Å². The Morgan fingerprint density at radius 1 is 0.350 bits per heavy atom. The van der Waals surface area contributed by atoms with E-state index in [1.165, 1.54) is 21.9 Å². The Kier molecular flexibility index (Phi) is 6.41. The third-order valence-corrected chi connectivity index (χ3v) is 13.5. The van der Waals surface area contributed by atoms with Gasteiger partial charge in [0.05, 0.1) is 34.1 Å². The van der Waals surface area contributed by atoms with Crippen molar-refractivity contribution in [1.82, 2.24) is 0 Å². The predicted molar refractivity (Wildman–Crippen MR) is 237 cm³/mol. The number of para-hydroxylation sites is 4. The molecule has 1 aliphatic carbocycles. The monoisotopic (exact) mass is 762 g/mol. The zero-order chi connectivity index (χ0) is 39.7. The molecule has 10 aromatic rings. The highest BCUT2D eigenvalue weighted by molar-refractivity contribution is 6.34. The lowest BCUT2D eigenvalue weighted by molar-refractivity contribution is 0.322. The van der Waals surface area contributed by atoms with E-state index in [4.69, 9.17) is 9.47 Å². The summed E-state index contributed by atoms with van der Waals surface area (Å²) < 4.78 is 13.8. The van der Waals surface area contributed by atoms with Gasteiger partial charge in [0.15, 0.2) is 0 Å². The minimum Gasteiger partial charge on any atom is -0.457 e. The molecule has 4 heteroatoms. The molecule has 0 aromatic heterocycles. The molecule has 0 unspecified atom stereocenters. The molecule has 0 fully saturated rings. The van der Waals surface area contributed by atoms with E-state index in [1.54, 1.807) is 0 Å². The first-order valence-electron chi connectivity index (χ1n) is 20.2. The van der Waals surface area contributed by atoms with Crippen LogP contribution in [0.1, 0.15) is 44.5 Å². The van der Waals surface area contributed by atoms with Gasteiger partial charge >= 0.3 is 0 Å². The molecule has 10 aromatic carbocycles. The van der Waals surface area contributed by atoms with Gasteiger partial charge in [-0.05, 0) is 120 Å². The Morgan fingerprint density at radius 3 is 1.32 bits per heavy atom. The largest absolute Gasteiger partial charge is 0.457 e. The van der Waals surface area contributed by atoms with Crippen LogP contribution < -0.4 is 9.47 Å². The van der Waals surface area contributed by atoms with Crippen molar-refractivity contribution in [3.8, 4) is 46.3 Å². The fourth-order valence-corrected chi connectivity index (χ4v) is 11.5. The van der Waals surface area contributed by atoms with Gasteiger partial charge in [-0.1, -0.05) is 127 Å². The molecule has 4 nitrogen and oxygen atoms in total. The van der Waals surface area contributed by atoms with E-state index in [2.05, 4.69) is 158 Å². The van der Waals surface area contributed by atoms with Crippen LogP contribution in [-0.2, 0) is 10.8 Å². The van der Waals surface area contributed by atoms with Crippen LogP contribution in [0.25, 0.3) is 54.2 Å². The molecule has 0 amide bonds. The number of nitrogens with zero attached hydrogens (tertiary/aromatic N) is 2. The Balaban J connectivity index is 1.35. The van der Waals surface area contributed by atoms with E-state index in [-0.39, 0.29) is 0 Å². The second kappa shape index (κ2) is 11.7. The zero-order valence-electron chi connectivity index (χ0n) is 32.0. The molecule has 2 heterocycles. The van der Waals surface area contributed by atoms with Crippen molar-refractivity contribution >= 4 is 43.1 Å². The van der Waals surface area contributed by atoms with Crippen LogP contribution in [-0.4, -0.2) is 0 Å². The highest BCUT2D eigenvalue weighted by Crippen LogP contribution is 2.72. The number of rotatable bonds is 1. The summed E-state index contributed by atoms with van der Waals surface area (Å²) in [6.45, 7) is 0. The van der Waals surface area contributed by atoms with Crippen LogP contribution in [0.3, 0.4) is 0 Å². The first-order valence-corrected chi connectivity index (χ1v) is 20.2. The number of ether oxygens (including phenoxy) is 2. The zero-order valence-corrected chi connectivity index (χ0v) is 32.0. The van der Waals surface area contributed by atoms with E-state index >= 15 is 0 Å². The highest BCUT2D eigenvalue weighted by atomic mass is 16.5. The van der Waals surface area contributed by atoms with E-state index in [1.807, 2.05) is 36.4 Å². The van der Waals surface area contributed by atoms with Crippen LogP contribution in [0.5, 0.6) is 23.0 Å². The average molecular weight is 763 g/mol. The van der Waals surface area contributed by atoms with E-state index in [0.29, 0.717) is 11.1 Å². The lowest BCUT2D eigenvalue weighted by Crippen LogP contribution is -2.56. The van der Waals surface area contributed by atoms with Gasteiger partial charge in [-0.15, -0.1) is 0 Å². The molecule has 0 saturated heterocycles. The van der Waals surface area contributed by atoms with Crippen molar-refractivity contribution in [2.45, 2.75) is 10.8 Å². The van der Waals surface area contributed by atoms with Gasteiger partial charge in [-0.3, -0.25) is 0 Å². The summed E-state index contributed by atoms with van der Waals surface area (Å²) in [7, 11) is 0. The molecular formula is C56H30N2O2. The number of fused-ring (bicyclic) bond motifs is 15. The van der Waals surface area contributed by atoms with Crippen LogP contribution in [0.4, 0.5) is 0 Å². The van der Waals surface area contributed by atoms with Crippen LogP contribution in [0.15, 0.2) is 182 Å². The lowest BCUT2D eigenvalue weighted by atomic mass is 9.43. The fourth-order valence-electron chi connectivity index (χ4n) is 11.5.